The monoisotopic (exact) mass is 1090 g/mol. The lowest BCUT2D eigenvalue weighted by Crippen LogP contribution is -2.61. The number of hydrogen-bond acceptors (Lipinski definition) is 17. The second kappa shape index (κ2) is 26.5. The van der Waals surface area contributed by atoms with E-state index < -0.39 is 113 Å². The average molecular weight is 1090 g/mol. The molecule has 0 amide bonds. The zero-order chi connectivity index (χ0) is 57.7. The third kappa shape index (κ3) is 15.3. The van der Waals surface area contributed by atoms with Crippen molar-refractivity contribution >= 4 is 28.9 Å². The minimum atomic E-state index is -1.84. The summed E-state index contributed by atoms with van der Waals surface area (Å²) in [7, 11) is 7.21. The van der Waals surface area contributed by atoms with Gasteiger partial charge in [0, 0.05) is 68.4 Å². The Hall–Kier alpha value is -3.41. The number of ether oxygens (including phenoxy) is 8. The lowest BCUT2D eigenvalue weighted by Gasteiger charge is -2.49. The van der Waals surface area contributed by atoms with Crippen molar-refractivity contribution < 1.29 is 73.0 Å². The van der Waals surface area contributed by atoms with E-state index in [2.05, 4.69) is 0 Å². The standard InChI is InChI=1S/C58H95N3O16/c1-18-44-58(13,69)49(64)37(6)60(16)31-33(2)29-56(11,68)50(77-54-47(63)43(59(14)15)27-34(3)73-54)35(4)48(36(5)53(67)75-44)76-45-30-57(12,70-17)51(38(7)74-45)72-26-20-25-71-24-19-21-39-22-23-42-40(28-39)46(62)41(52(65)66)32-61(42)55(8,9)10/h19,21-23,28,32-38,43-45,47-51,54,63-64,68-69H,18,20,24-27,29-31H2,1-17H3,(H,65,66)/b21-19+/t33-,34-,35+,36-,37-,38+,43+,44-,45+,47-,48+,49-,50-,51+,54+,56-,57-,58-/m1/s1. The molecule has 0 unspecified atom stereocenters. The Balaban J connectivity index is 1.34. The van der Waals surface area contributed by atoms with Crippen LogP contribution in [-0.4, -0.2) is 197 Å². The molecule has 1 aromatic carbocycles. The molecule has 3 fully saturated rings. The predicted molar refractivity (Wildman–Crippen MR) is 293 cm³/mol. The van der Waals surface area contributed by atoms with Gasteiger partial charge in [0.05, 0.1) is 53.7 Å². The topological polar surface area (TPSA) is 238 Å². The lowest BCUT2D eigenvalue weighted by atomic mass is 9.77. The van der Waals surface area contributed by atoms with Gasteiger partial charge in [0.2, 0.25) is 5.43 Å². The normalized spacial score (nSPS) is 37.7. The van der Waals surface area contributed by atoms with Gasteiger partial charge in [-0.1, -0.05) is 39.0 Å². The van der Waals surface area contributed by atoms with Gasteiger partial charge in [-0.25, -0.2) is 4.79 Å². The Morgan fingerprint density at radius 2 is 1.64 bits per heavy atom. The van der Waals surface area contributed by atoms with Crippen LogP contribution in [0.15, 0.2) is 35.3 Å². The molecule has 18 atom stereocenters. The van der Waals surface area contributed by atoms with Gasteiger partial charge in [-0.3, -0.25) is 9.59 Å². The summed E-state index contributed by atoms with van der Waals surface area (Å²) < 4.78 is 53.2. The van der Waals surface area contributed by atoms with Crippen LogP contribution in [0, 0.1) is 17.8 Å². The summed E-state index contributed by atoms with van der Waals surface area (Å²) in [6.07, 6.45) is -2.42. The highest BCUT2D eigenvalue weighted by molar-refractivity contribution is 5.93. The van der Waals surface area contributed by atoms with Gasteiger partial charge in [-0.15, -0.1) is 0 Å². The fraction of sp³-hybridized carbons (Fsp3) is 0.776. The van der Waals surface area contributed by atoms with Crippen molar-refractivity contribution in [3.8, 4) is 0 Å². The van der Waals surface area contributed by atoms with Crippen molar-refractivity contribution in [3.63, 3.8) is 0 Å². The van der Waals surface area contributed by atoms with Gasteiger partial charge >= 0.3 is 11.9 Å². The number of esters is 1. The number of aromatic nitrogens is 1. The highest BCUT2D eigenvalue weighted by Gasteiger charge is 2.53. The maximum atomic E-state index is 14.6. The van der Waals surface area contributed by atoms with Crippen LogP contribution in [0.4, 0.5) is 0 Å². The van der Waals surface area contributed by atoms with Crippen LogP contribution in [0.5, 0.6) is 0 Å². The van der Waals surface area contributed by atoms with E-state index in [4.69, 9.17) is 37.9 Å². The number of likely N-dealkylation sites (N-methyl/N-ethyl adjacent to an activating group) is 2. The molecule has 438 valence electrons. The number of fused-ring (bicyclic) bond motifs is 1. The molecule has 1 aromatic heterocycles. The molecule has 5 N–H and O–H groups in total. The van der Waals surface area contributed by atoms with Crippen molar-refractivity contribution in [2.24, 2.45) is 17.8 Å². The van der Waals surface area contributed by atoms with Crippen molar-refractivity contribution in [2.45, 2.75) is 218 Å². The van der Waals surface area contributed by atoms with Crippen molar-refractivity contribution in [1.29, 1.82) is 0 Å². The van der Waals surface area contributed by atoms with Gasteiger partial charge in [-0.05, 0) is 140 Å². The molecule has 2 aromatic rings. The van der Waals surface area contributed by atoms with E-state index in [0.717, 1.165) is 5.56 Å². The number of aliphatic hydroxyl groups excluding tert-OH is 2. The summed E-state index contributed by atoms with van der Waals surface area (Å²) in [5.41, 5.74) is -4.29. The summed E-state index contributed by atoms with van der Waals surface area (Å²) in [6.45, 7) is 25.2. The predicted octanol–water partition coefficient (Wildman–Crippen LogP) is 5.81. The van der Waals surface area contributed by atoms with Gasteiger partial charge in [0.15, 0.2) is 12.6 Å². The fourth-order valence-electron chi connectivity index (χ4n) is 11.9. The Morgan fingerprint density at radius 1 is 0.961 bits per heavy atom. The zero-order valence-electron chi connectivity index (χ0n) is 49.1. The van der Waals surface area contributed by atoms with Gasteiger partial charge in [-0.2, -0.15) is 0 Å². The van der Waals surface area contributed by atoms with Gasteiger partial charge < -0.3 is 77.8 Å². The lowest BCUT2D eigenvalue weighted by molar-refractivity contribution is -0.320. The van der Waals surface area contributed by atoms with Crippen molar-refractivity contribution in [3.05, 3.63) is 51.8 Å². The summed E-state index contributed by atoms with van der Waals surface area (Å²) in [4.78, 5) is 43.5. The van der Waals surface area contributed by atoms with Gasteiger partial charge in [0.25, 0.3) is 0 Å². The molecule has 19 nitrogen and oxygen atoms in total. The smallest absolute Gasteiger partial charge is 0.341 e. The number of carbonyl (C=O) groups excluding carboxylic acids is 1. The largest absolute Gasteiger partial charge is 0.477 e. The van der Waals surface area contributed by atoms with Crippen LogP contribution in [0.3, 0.4) is 0 Å². The molecule has 19 heteroatoms. The molecule has 0 aliphatic carbocycles. The number of rotatable bonds is 16. The highest BCUT2D eigenvalue weighted by Crippen LogP contribution is 2.41. The van der Waals surface area contributed by atoms with E-state index >= 15 is 0 Å². The number of cyclic esters (lactones) is 1. The van der Waals surface area contributed by atoms with E-state index in [1.165, 1.54) is 13.1 Å². The summed E-state index contributed by atoms with van der Waals surface area (Å²) in [5, 5.41) is 58.2. The van der Waals surface area contributed by atoms with E-state index in [1.54, 1.807) is 40.9 Å². The van der Waals surface area contributed by atoms with Crippen LogP contribution in [0.25, 0.3) is 17.0 Å². The molecule has 3 aliphatic rings. The van der Waals surface area contributed by atoms with Crippen LogP contribution in [0.2, 0.25) is 0 Å². The molecule has 5 rings (SSSR count). The number of aliphatic hydroxyl groups is 4. The molecule has 0 spiro atoms. The molecule has 4 heterocycles. The third-order valence-electron chi connectivity index (χ3n) is 16.4. The number of carboxylic acid groups (broad SMARTS) is 1. The maximum Gasteiger partial charge on any atom is 0.341 e. The number of carbonyl (C=O) groups is 2. The van der Waals surface area contributed by atoms with E-state index in [9.17, 15) is 39.9 Å². The first-order chi connectivity index (χ1) is 35.8. The zero-order valence-corrected chi connectivity index (χ0v) is 49.1. The Bertz CT molecular complexity index is 2350. The van der Waals surface area contributed by atoms with Crippen LogP contribution in [-0.2, 0) is 48.2 Å². The summed E-state index contributed by atoms with van der Waals surface area (Å²) in [6, 6.07) is 4.52. The first-order valence-corrected chi connectivity index (χ1v) is 27.6. The number of aromatic carboxylic acids is 1. The molecule has 0 radical (unpaired) electrons. The van der Waals surface area contributed by atoms with E-state index in [1.807, 2.05) is 115 Å². The summed E-state index contributed by atoms with van der Waals surface area (Å²) >= 11 is 0. The molecule has 0 saturated carbocycles. The molecule has 3 saturated heterocycles. The number of pyridine rings is 1. The second-order valence-corrected chi connectivity index (χ2v) is 24.3. The fourth-order valence-corrected chi connectivity index (χ4v) is 11.9. The first-order valence-electron chi connectivity index (χ1n) is 27.6. The van der Waals surface area contributed by atoms with E-state index in [-0.39, 0.29) is 49.5 Å². The second-order valence-electron chi connectivity index (χ2n) is 24.3. The Morgan fingerprint density at radius 3 is 2.25 bits per heavy atom. The summed E-state index contributed by atoms with van der Waals surface area (Å²) in [5.74, 6) is -4.00. The minimum absolute atomic E-state index is 0.176. The number of benzene rings is 1. The number of carboxylic acids is 1. The molecule has 0 bridgehead atoms. The molecular weight excluding hydrogens is 995 g/mol. The minimum Gasteiger partial charge on any atom is -0.477 e. The molecular formula is C58H95N3O16. The highest BCUT2D eigenvalue weighted by atomic mass is 16.7. The number of nitrogens with zero attached hydrogens (tertiary/aromatic N) is 3. The van der Waals surface area contributed by atoms with E-state index in [0.29, 0.717) is 43.5 Å². The number of hydrogen-bond donors (Lipinski definition) is 5. The number of methoxy groups -OCH3 is 1. The van der Waals surface area contributed by atoms with Crippen LogP contribution < -0.4 is 5.43 Å². The Labute approximate surface area is 457 Å². The quantitative estimate of drug-likeness (QED) is 0.0984. The molecule has 77 heavy (non-hydrogen) atoms. The SMILES string of the molecule is CC[C@H]1OC(=O)[C@H](C)[C@@H](O[C@H]2C[C@@](C)(OC)[C@@H](OCCCOC/C=C/c3ccc4c(c3)c(=O)c(C(=O)O)cn4C(C)(C)C)[C@H](C)O2)[C@H](C)[C@@H](O[C@@H]2O[C@H](C)C[C@H](N(C)C)[C@H]2O)[C@](C)(O)C[C@@H](C)CN(C)[C@H](C)[C@@H](O)[C@]1(C)O. The van der Waals surface area contributed by atoms with Crippen molar-refractivity contribution in [2.75, 3.05) is 54.6 Å². The first kappa shape index (κ1) is 64.4. The van der Waals surface area contributed by atoms with Crippen molar-refractivity contribution in [1.82, 2.24) is 14.4 Å². The third-order valence-corrected chi connectivity index (χ3v) is 16.4. The Kier molecular flexibility index (Phi) is 22.1. The van der Waals surface area contributed by atoms with Gasteiger partial charge in [0.1, 0.15) is 35.6 Å². The molecule has 3 aliphatic heterocycles. The maximum absolute atomic E-state index is 14.6. The average Bonchev–Trinajstić information content (AvgIpc) is 3.34. The van der Waals surface area contributed by atoms with Crippen LogP contribution in [0.1, 0.15) is 138 Å². The van der Waals surface area contributed by atoms with Crippen LogP contribution >= 0.6 is 0 Å².